The molecule has 10 heteroatoms. The first-order valence-corrected chi connectivity index (χ1v) is 8.99. The number of hydrogen-bond acceptors (Lipinski definition) is 6. The van der Waals surface area contributed by atoms with Gasteiger partial charge in [-0.25, -0.2) is 9.69 Å². The van der Waals surface area contributed by atoms with Crippen molar-refractivity contribution in [2.75, 3.05) is 19.0 Å². The molecular weight excluding hydrogens is 394 g/mol. The van der Waals surface area contributed by atoms with Gasteiger partial charge in [0.15, 0.2) is 0 Å². The molecule has 3 rings (SSSR count). The van der Waals surface area contributed by atoms with E-state index >= 15 is 0 Å². The van der Waals surface area contributed by atoms with Gasteiger partial charge in [0.05, 0.1) is 19.3 Å². The van der Waals surface area contributed by atoms with Crippen molar-refractivity contribution in [2.45, 2.75) is 6.54 Å². The molecule has 0 atom stereocenters. The molecule has 2 aromatic rings. The zero-order valence-electron chi connectivity index (χ0n) is 14.1. The molecule has 0 aliphatic carbocycles. The van der Waals surface area contributed by atoms with E-state index in [1.165, 1.54) is 24.5 Å². The minimum atomic E-state index is -1.04. The summed E-state index contributed by atoms with van der Waals surface area (Å²) in [5.41, 5.74) is 0.288. The fourth-order valence-electron chi connectivity index (χ4n) is 2.50. The molecule has 0 saturated carbocycles. The smallest absolute Gasteiger partial charge is 0.335 e. The molecule has 140 valence electrons. The first-order chi connectivity index (χ1) is 12.9. The van der Waals surface area contributed by atoms with E-state index in [-0.39, 0.29) is 12.2 Å². The van der Waals surface area contributed by atoms with Gasteiger partial charge in [-0.1, -0.05) is 17.7 Å². The predicted molar refractivity (Wildman–Crippen MR) is 98.6 cm³/mol. The van der Waals surface area contributed by atoms with Crippen LogP contribution in [0, 0.1) is 0 Å². The third kappa shape index (κ3) is 3.93. The summed E-state index contributed by atoms with van der Waals surface area (Å²) in [6, 6.07) is 7.32. The van der Waals surface area contributed by atoms with Gasteiger partial charge in [-0.3, -0.25) is 19.3 Å². The number of nitrogens with one attached hydrogen (secondary N) is 1. The van der Waals surface area contributed by atoms with Crippen LogP contribution < -0.4 is 10.1 Å². The topological polar surface area (TPSA) is 96.0 Å². The number of carbonyl (C=O) groups excluding carboxylic acids is 4. The summed E-state index contributed by atoms with van der Waals surface area (Å²) in [6.45, 7) is -0.610. The monoisotopic (exact) mass is 407 g/mol. The molecule has 1 aliphatic heterocycles. The lowest BCUT2D eigenvalue weighted by Crippen LogP contribution is -2.38. The lowest BCUT2D eigenvalue weighted by atomic mass is 10.3. The summed E-state index contributed by atoms with van der Waals surface area (Å²) >= 11 is 7.26. The number of hydrogen-bond donors (Lipinski definition) is 1. The Labute approximate surface area is 163 Å². The van der Waals surface area contributed by atoms with Crippen LogP contribution in [0.2, 0.25) is 5.02 Å². The first kappa shape index (κ1) is 18.9. The number of amides is 5. The number of halogens is 1. The van der Waals surface area contributed by atoms with Crippen molar-refractivity contribution in [1.82, 2.24) is 9.80 Å². The second kappa shape index (κ2) is 7.77. The molecule has 0 unspecified atom stereocenters. The zero-order chi connectivity index (χ0) is 19.6. The maximum atomic E-state index is 12.4. The van der Waals surface area contributed by atoms with E-state index in [1.807, 2.05) is 0 Å². The molecule has 5 amide bonds. The number of anilines is 1. The Kier molecular flexibility index (Phi) is 5.43. The van der Waals surface area contributed by atoms with E-state index in [2.05, 4.69) is 5.32 Å². The fourth-order valence-corrected chi connectivity index (χ4v) is 3.36. The van der Waals surface area contributed by atoms with Gasteiger partial charge >= 0.3 is 17.8 Å². The molecule has 1 saturated heterocycles. The number of methoxy groups -OCH3 is 1. The highest BCUT2D eigenvalue weighted by atomic mass is 35.5. The largest absolute Gasteiger partial charge is 0.495 e. The molecule has 0 spiro atoms. The van der Waals surface area contributed by atoms with E-state index in [4.69, 9.17) is 16.3 Å². The Morgan fingerprint density at radius 2 is 1.93 bits per heavy atom. The zero-order valence-corrected chi connectivity index (χ0v) is 15.7. The van der Waals surface area contributed by atoms with E-state index in [0.29, 0.717) is 15.7 Å². The number of ether oxygens (including phenoxy) is 1. The Morgan fingerprint density at radius 3 is 2.59 bits per heavy atom. The van der Waals surface area contributed by atoms with Gasteiger partial charge in [0.25, 0.3) is 0 Å². The van der Waals surface area contributed by atoms with E-state index in [9.17, 15) is 19.2 Å². The van der Waals surface area contributed by atoms with Gasteiger partial charge in [0.1, 0.15) is 12.3 Å². The highest BCUT2D eigenvalue weighted by Crippen LogP contribution is 2.27. The number of nitrogens with zero attached hydrogens (tertiary/aromatic N) is 2. The van der Waals surface area contributed by atoms with Crippen LogP contribution in [0.15, 0.2) is 35.7 Å². The summed E-state index contributed by atoms with van der Waals surface area (Å²) < 4.78 is 5.12. The SMILES string of the molecule is COc1ccc(Cl)cc1NC(=O)CN1C(=O)C(=O)N(Cc2cccs2)C1=O. The predicted octanol–water partition coefficient (Wildman–Crippen LogP) is 2.34. The molecule has 0 bridgehead atoms. The van der Waals surface area contributed by atoms with E-state index in [0.717, 1.165) is 9.78 Å². The molecule has 1 aliphatic rings. The van der Waals surface area contributed by atoms with Crippen LogP contribution in [-0.4, -0.2) is 47.2 Å². The fraction of sp³-hybridized carbons (Fsp3) is 0.176. The van der Waals surface area contributed by atoms with Crippen LogP contribution in [0.5, 0.6) is 5.75 Å². The third-order valence-electron chi connectivity index (χ3n) is 3.77. The van der Waals surface area contributed by atoms with Crippen molar-refractivity contribution in [1.29, 1.82) is 0 Å². The molecule has 1 N–H and O–H groups in total. The van der Waals surface area contributed by atoms with Gasteiger partial charge in [-0.05, 0) is 29.6 Å². The molecular formula is C17H14ClN3O5S. The van der Waals surface area contributed by atoms with Crippen molar-refractivity contribution in [2.24, 2.45) is 0 Å². The Hall–Kier alpha value is -2.91. The van der Waals surface area contributed by atoms with E-state index < -0.39 is 30.3 Å². The summed E-state index contributed by atoms with van der Waals surface area (Å²) in [5, 5.41) is 4.69. The van der Waals surface area contributed by atoms with Crippen LogP contribution in [0.3, 0.4) is 0 Å². The number of carbonyl (C=O) groups is 4. The normalized spacial score (nSPS) is 14.1. The lowest BCUT2D eigenvalue weighted by molar-refractivity contribution is -0.143. The first-order valence-electron chi connectivity index (χ1n) is 7.74. The molecule has 8 nitrogen and oxygen atoms in total. The standard InChI is InChI=1S/C17H14ClN3O5S/c1-26-13-5-4-10(18)7-12(13)19-14(22)9-21-16(24)15(23)20(17(21)25)8-11-3-2-6-27-11/h2-7H,8-9H2,1H3,(H,19,22). The quantitative estimate of drug-likeness (QED) is 0.585. The van der Waals surface area contributed by atoms with Crippen LogP contribution >= 0.6 is 22.9 Å². The summed E-state index contributed by atoms with van der Waals surface area (Å²) in [7, 11) is 1.42. The number of rotatable bonds is 6. The molecule has 1 fully saturated rings. The number of urea groups is 1. The molecule has 1 aromatic carbocycles. The van der Waals surface area contributed by atoms with Crippen LogP contribution in [-0.2, 0) is 20.9 Å². The molecule has 27 heavy (non-hydrogen) atoms. The van der Waals surface area contributed by atoms with Gasteiger partial charge in [-0.15, -0.1) is 11.3 Å². The number of imide groups is 2. The highest BCUT2D eigenvalue weighted by Gasteiger charge is 2.45. The average Bonchev–Trinajstić information content (AvgIpc) is 3.21. The van der Waals surface area contributed by atoms with Crippen molar-refractivity contribution >= 4 is 52.4 Å². The highest BCUT2D eigenvalue weighted by molar-refractivity contribution is 7.09. The number of thiophene rings is 1. The van der Waals surface area contributed by atoms with Crippen molar-refractivity contribution in [3.8, 4) is 5.75 Å². The van der Waals surface area contributed by atoms with Crippen molar-refractivity contribution in [3.05, 3.63) is 45.6 Å². The van der Waals surface area contributed by atoms with Gasteiger partial charge in [0.2, 0.25) is 5.91 Å². The molecule has 1 aromatic heterocycles. The van der Waals surface area contributed by atoms with Gasteiger partial charge < -0.3 is 10.1 Å². The summed E-state index contributed by atoms with van der Waals surface area (Å²) in [5.74, 6) is -2.29. The van der Waals surface area contributed by atoms with Gasteiger partial charge in [-0.2, -0.15) is 0 Å². The third-order valence-corrected chi connectivity index (χ3v) is 4.86. The van der Waals surface area contributed by atoms with Crippen LogP contribution in [0.4, 0.5) is 10.5 Å². The lowest BCUT2D eigenvalue weighted by Gasteiger charge is -2.15. The maximum absolute atomic E-state index is 12.4. The van der Waals surface area contributed by atoms with Crippen LogP contribution in [0.25, 0.3) is 0 Å². The Balaban J connectivity index is 1.70. The number of benzene rings is 1. The summed E-state index contributed by atoms with van der Waals surface area (Å²) in [6.07, 6.45) is 0. The minimum Gasteiger partial charge on any atom is -0.495 e. The average molecular weight is 408 g/mol. The second-order valence-electron chi connectivity index (χ2n) is 5.54. The molecule has 2 heterocycles. The van der Waals surface area contributed by atoms with E-state index in [1.54, 1.807) is 29.6 Å². The van der Waals surface area contributed by atoms with Crippen LogP contribution in [0.1, 0.15) is 4.88 Å². The molecule has 0 radical (unpaired) electrons. The Morgan fingerprint density at radius 1 is 1.19 bits per heavy atom. The Bertz CT molecular complexity index is 915. The maximum Gasteiger partial charge on any atom is 0.335 e. The van der Waals surface area contributed by atoms with Crippen molar-refractivity contribution < 1.29 is 23.9 Å². The van der Waals surface area contributed by atoms with Gasteiger partial charge in [0, 0.05) is 9.90 Å². The summed E-state index contributed by atoms with van der Waals surface area (Å²) in [4.78, 5) is 51.1. The second-order valence-corrected chi connectivity index (χ2v) is 7.01. The minimum absolute atomic E-state index is 0.0126. The van der Waals surface area contributed by atoms with Crippen molar-refractivity contribution in [3.63, 3.8) is 0 Å².